The number of rotatable bonds is 6. The van der Waals surface area contributed by atoms with Gasteiger partial charge in [0.2, 0.25) is 0 Å². The highest BCUT2D eigenvalue weighted by Crippen LogP contribution is 2.17. The number of allylic oxidation sites excluding steroid dienone is 1. The number of hydrogen-bond acceptors (Lipinski definition) is 4. The number of ether oxygens (including phenoxy) is 1. The molecule has 0 aliphatic carbocycles. The van der Waals surface area contributed by atoms with E-state index >= 15 is 0 Å². The third-order valence-corrected chi connectivity index (χ3v) is 4.52. The Kier molecular flexibility index (Phi) is 5.65. The molecule has 0 heterocycles. The van der Waals surface area contributed by atoms with Gasteiger partial charge in [0.1, 0.15) is 5.75 Å². The fourth-order valence-electron chi connectivity index (χ4n) is 1.91. The standard InChI is InChI=1S/C18H17NO4S/c1-14(20)16-7-5-15(6-8-16)4-3-13-19-24(21,22)18-11-9-17(23-2)10-12-18/h3-13H,1-2H3/b4-3+,19-13+. The monoisotopic (exact) mass is 343 g/mol. The van der Waals surface area contributed by atoms with E-state index in [1.54, 1.807) is 42.5 Å². The molecule has 2 aromatic carbocycles. The van der Waals surface area contributed by atoms with Crippen molar-refractivity contribution in [3.8, 4) is 5.75 Å². The van der Waals surface area contributed by atoms with E-state index in [0.717, 1.165) is 5.56 Å². The van der Waals surface area contributed by atoms with E-state index in [-0.39, 0.29) is 10.7 Å². The summed E-state index contributed by atoms with van der Waals surface area (Å²) >= 11 is 0. The summed E-state index contributed by atoms with van der Waals surface area (Å²) in [4.78, 5) is 11.3. The second-order valence-electron chi connectivity index (χ2n) is 4.94. The molecular formula is C18H17NO4S. The highest BCUT2D eigenvalue weighted by atomic mass is 32.2. The molecule has 0 aromatic heterocycles. The van der Waals surface area contributed by atoms with Crippen LogP contribution in [0, 0.1) is 0 Å². The third-order valence-electron chi connectivity index (χ3n) is 3.25. The van der Waals surface area contributed by atoms with E-state index in [2.05, 4.69) is 4.40 Å². The predicted octanol–water partition coefficient (Wildman–Crippen LogP) is 3.37. The van der Waals surface area contributed by atoms with Gasteiger partial charge in [-0.25, -0.2) is 0 Å². The molecule has 24 heavy (non-hydrogen) atoms. The Morgan fingerprint density at radius 1 is 1.04 bits per heavy atom. The Balaban J connectivity index is 2.07. The van der Waals surface area contributed by atoms with Crippen LogP contribution in [0.15, 0.2) is 63.9 Å². The minimum Gasteiger partial charge on any atom is -0.497 e. The Morgan fingerprint density at radius 3 is 2.21 bits per heavy atom. The summed E-state index contributed by atoms with van der Waals surface area (Å²) in [5.74, 6) is 0.574. The Hall–Kier alpha value is -2.73. The molecule has 0 N–H and O–H groups in total. The van der Waals surface area contributed by atoms with Gasteiger partial charge in [-0.1, -0.05) is 30.3 Å². The molecule has 0 aliphatic heterocycles. The minimum atomic E-state index is -3.74. The highest BCUT2D eigenvalue weighted by Gasteiger charge is 2.10. The van der Waals surface area contributed by atoms with Crippen molar-refractivity contribution in [1.82, 2.24) is 0 Å². The molecule has 0 saturated heterocycles. The molecule has 0 atom stereocenters. The molecule has 6 heteroatoms. The van der Waals surface area contributed by atoms with Crippen LogP contribution in [0.3, 0.4) is 0 Å². The first kappa shape index (κ1) is 17.6. The van der Waals surface area contributed by atoms with Crippen LogP contribution in [-0.4, -0.2) is 27.5 Å². The van der Waals surface area contributed by atoms with Crippen LogP contribution < -0.4 is 4.74 Å². The summed E-state index contributed by atoms with van der Waals surface area (Å²) < 4.78 is 32.7. The van der Waals surface area contributed by atoms with E-state index in [4.69, 9.17) is 4.74 Å². The smallest absolute Gasteiger partial charge is 0.282 e. The van der Waals surface area contributed by atoms with Gasteiger partial charge in [0.05, 0.1) is 12.0 Å². The van der Waals surface area contributed by atoms with Crippen molar-refractivity contribution in [2.24, 2.45) is 4.40 Å². The minimum absolute atomic E-state index is 0.00215. The lowest BCUT2D eigenvalue weighted by molar-refractivity contribution is 0.101. The number of hydrogen-bond donors (Lipinski definition) is 0. The molecule has 0 saturated carbocycles. The molecule has 0 unspecified atom stereocenters. The number of sulfonamides is 1. The summed E-state index contributed by atoms with van der Waals surface area (Å²) in [5, 5.41) is 0. The predicted molar refractivity (Wildman–Crippen MR) is 94.2 cm³/mol. The van der Waals surface area contributed by atoms with Crippen LogP contribution in [0.25, 0.3) is 6.08 Å². The van der Waals surface area contributed by atoms with Crippen molar-refractivity contribution in [3.63, 3.8) is 0 Å². The van der Waals surface area contributed by atoms with Crippen molar-refractivity contribution in [3.05, 3.63) is 65.7 Å². The van der Waals surface area contributed by atoms with Gasteiger partial charge in [0.25, 0.3) is 10.0 Å². The van der Waals surface area contributed by atoms with Gasteiger partial charge in [-0.2, -0.15) is 12.8 Å². The van der Waals surface area contributed by atoms with Crippen molar-refractivity contribution in [1.29, 1.82) is 0 Å². The summed E-state index contributed by atoms with van der Waals surface area (Å²) in [6.45, 7) is 1.50. The Bertz CT molecular complexity index is 864. The maximum absolute atomic E-state index is 12.1. The lowest BCUT2D eigenvalue weighted by Crippen LogP contribution is -1.96. The number of Topliss-reactive ketones (excluding diaryl/α,β-unsaturated/α-hetero) is 1. The molecule has 2 rings (SSSR count). The molecular weight excluding hydrogens is 326 g/mol. The van der Waals surface area contributed by atoms with E-state index in [1.165, 1.54) is 38.5 Å². The first-order chi connectivity index (χ1) is 11.4. The SMILES string of the molecule is COc1ccc(S(=O)(=O)/N=C/C=C/c2ccc(C(C)=O)cc2)cc1. The second kappa shape index (κ2) is 7.70. The number of carbonyl (C=O) groups is 1. The van der Waals surface area contributed by atoms with Gasteiger partial charge in [-0.15, -0.1) is 0 Å². The van der Waals surface area contributed by atoms with Crippen LogP contribution in [-0.2, 0) is 10.0 Å². The van der Waals surface area contributed by atoms with E-state index in [1.807, 2.05) is 0 Å². The maximum atomic E-state index is 12.1. The molecule has 0 aliphatic rings. The maximum Gasteiger partial charge on any atom is 0.282 e. The number of nitrogens with zero attached hydrogens (tertiary/aromatic N) is 1. The largest absolute Gasteiger partial charge is 0.497 e. The van der Waals surface area contributed by atoms with Gasteiger partial charge in [-0.3, -0.25) is 4.79 Å². The average molecular weight is 343 g/mol. The van der Waals surface area contributed by atoms with Crippen LogP contribution >= 0.6 is 0 Å². The molecule has 0 radical (unpaired) electrons. The second-order valence-corrected chi connectivity index (χ2v) is 6.57. The molecule has 0 fully saturated rings. The normalized spacial score (nSPS) is 11.9. The Morgan fingerprint density at radius 2 is 1.67 bits per heavy atom. The molecule has 0 bridgehead atoms. The zero-order chi connectivity index (χ0) is 17.6. The van der Waals surface area contributed by atoms with Crippen molar-refractivity contribution in [2.45, 2.75) is 11.8 Å². The van der Waals surface area contributed by atoms with Gasteiger partial charge in [0.15, 0.2) is 5.78 Å². The molecule has 0 amide bonds. The zero-order valence-corrected chi connectivity index (χ0v) is 14.2. The lowest BCUT2D eigenvalue weighted by atomic mass is 10.1. The van der Waals surface area contributed by atoms with Crippen LogP contribution in [0.2, 0.25) is 0 Å². The summed E-state index contributed by atoms with van der Waals surface area (Å²) in [7, 11) is -2.23. The highest BCUT2D eigenvalue weighted by molar-refractivity contribution is 7.90. The molecule has 0 spiro atoms. The molecule has 5 nitrogen and oxygen atoms in total. The van der Waals surface area contributed by atoms with Crippen molar-refractivity contribution in [2.75, 3.05) is 7.11 Å². The van der Waals surface area contributed by atoms with E-state index in [9.17, 15) is 13.2 Å². The summed E-state index contributed by atoms with van der Waals surface area (Å²) in [6.07, 6.45) is 4.46. The third kappa shape index (κ3) is 4.63. The lowest BCUT2D eigenvalue weighted by Gasteiger charge is -2.00. The fraction of sp³-hybridized carbons (Fsp3) is 0.111. The van der Waals surface area contributed by atoms with E-state index in [0.29, 0.717) is 11.3 Å². The average Bonchev–Trinajstić information content (AvgIpc) is 2.59. The van der Waals surface area contributed by atoms with E-state index < -0.39 is 10.0 Å². The summed E-state index contributed by atoms with van der Waals surface area (Å²) in [5.41, 5.74) is 1.47. The first-order valence-corrected chi connectivity index (χ1v) is 8.58. The quantitative estimate of drug-likeness (QED) is 0.595. The number of benzene rings is 2. The van der Waals surface area contributed by atoms with Crippen LogP contribution in [0.4, 0.5) is 0 Å². The van der Waals surface area contributed by atoms with Gasteiger partial charge in [0, 0.05) is 11.8 Å². The van der Waals surface area contributed by atoms with Gasteiger partial charge < -0.3 is 4.74 Å². The number of methoxy groups -OCH3 is 1. The van der Waals surface area contributed by atoms with Crippen LogP contribution in [0.1, 0.15) is 22.8 Å². The molecule has 2 aromatic rings. The van der Waals surface area contributed by atoms with Crippen molar-refractivity contribution >= 4 is 28.1 Å². The van der Waals surface area contributed by atoms with Gasteiger partial charge >= 0.3 is 0 Å². The number of ketones is 1. The fourth-order valence-corrected chi connectivity index (χ4v) is 2.74. The van der Waals surface area contributed by atoms with Crippen molar-refractivity contribution < 1.29 is 17.9 Å². The number of carbonyl (C=O) groups excluding carboxylic acids is 1. The topological polar surface area (TPSA) is 72.8 Å². The Labute approximate surface area is 141 Å². The zero-order valence-electron chi connectivity index (χ0n) is 13.3. The molecule has 124 valence electrons. The van der Waals surface area contributed by atoms with Gasteiger partial charge in [-0.05, 0) is 42.8 Å². The first-order valence-electron chi connectivity index (χ1n) is 7.14. The van der Waals surface area contributed by atoms with Crippen LogP contribution in [0.5, 0.6) is 5.75 Å². The summed E-state index contributed by atoms with van der Waals surface area (Å²) in [6, 6.07) is 13.0.